The Morgan fingerprint density at radius 3 is 2.59 bits per heavy atom. The van der Waals surface area contributed by atoms with Gasteiger partial charge in [-0.25, -0.2) is 9.97 Å². The number of halogens is 1. The second-order valence-electron chi connectivity index (χ2n) is 5.91. The van der Waals surface area contributed by atoms with E-state index in [1.807, 2.05) is 47.0 Å². The van der Waals surface area contributed by atoms with Gasteiger partial charge in [-0.05, 0) is 48.2 Å². The predicted octanol–water partition coefficient (Wildman–Crippen LogP) is 5.84. The summed E-state index contributed by atoms with van der Waals surface area (Å²) in [4.78, 5) is 10.3. The van der Waals surface area contributed by atoms with Gasteiger partial charge in [0.2, 0.25) is 5.78 Å². The summed E-state index contributed by atoms with van der Waals surface area (Å²) < 4.78 is 7.27. The molecule has 0 unspecified atom stereocenters. The van der Waals surface area contributed by atoms with Crippen molar-refractivity contribution in [3.63, 3.8) is 0 Å². The van der Waals surface area contributed by atoms with Crippen molar-refractivity contribution in [1.82, 2.24) is 14.4 Å². The predicted molar refractivity (Wildman–Crippen MR) is 112 cm³/mol. The van der Waals surface area contributed by atoms with Crippen LogP contribution in [0.15, 0.2) is 65.8 Å². The molecule has 0 amide bonds. The van der Waals surface area contributed by atoms with Crippen molar-refractivity contribution >= 4 is 29.1 Å². The minimum Gasteiger partial charge on any atom is -0.497 e. The first-order valence-electron chi connectivity index (χ1n) is 8.61. The lowest BCUT2D eigenvalue weighted by atomic mass is 10.0. The van der Waals surface area contributed by atoms with Gasteiger partial charge in [-0.15, -0.1) is 11.8 Å². The van der Waals surface area contributed by atoms with E-state index < -0.39 is 0 Å². The van der Waals surface area contributed by atoms with E-state index in [9.17, 15) is 0 Å². The molecule has 0 spiro atoms. The summed E-state index contributed by atoms with van der Waals surface area (Å²) in [5.41, 5.74) is 3.84. The molecule has 6 heteroatoms. The van der Waals surface area contributed by atoms with Gasteiger partial charge in [0.15, 0.2) is 0 Å². The number of imidazole rings is 1. The lowest BCUT2D eigenvalue weighted by Gasteiger charge is -2.09. The Kier molecular flexibility index (Phi) is 5.05. The standard InChI is InChI=1S/C21H18ClN3OS/c1-3-27-18-10-7-15(13-17(18)22)20-19(14-5-8-16(26-2)9-6-14)24-21-23-11-4-12-25(20)21/h4-13H,3H2,1-2H3. The van der Waals surface area contributed by atoms with Crippen LogP contribution in [0, 0.1) is 0 Å². The van der Waals surface area contributed by atoms with Gasteiger partial charge in [0.25, 0.3) is 0 Å². The molecule has 0 atom stereocenters. The van der Waals surface area contributed by atoms with Gasteiger partial charge < -0.3 is 4.74 Å². The van der Waals surface area contributed by atoms with Crippen LogP contribution in [0.3, 0.4) is 0 Å². The molecule has 2 aromatic carbocycles. The first kappa shape index (κ1) is 17.9. The largest absolute Gasteiger partial charge is 0.497 e. The first-order valence-corrected chi connectivity index (χ1v) is 9.98. The number of methoxy groups -OCH3 is 1. The first-order chi connectivity index (χ1) is 13.2. The molecule has 4 rings (SSSR count). The van der Waals surface area contributed by atoms with Crippen LogP contribution in [0.5, 0.6) is 5.75 Å². The van der Waals surface area contributed by atoms with E-state index in [1.165, 1.54) is 0 Å². The summed E-state index contributed by atoms with van der Waals surface area (Å²) in [6.45, 7) is 2.12. The molecule has 0 N–H and O–H groups in total. The molecule has 27 heavy (non-hydrogen) atoms. The van der Waals surface area contributed by atoms with Crippen molar-refractivity contribution in [2.24, 2.45) is 0 Å². The van der Waals surface area contributed by atoms with E-state index in [2.05, 4.69) is 24.0 Å². The third kappa shape index (κ3) is 3.40. The van der Waals surface area contributed by atoms with Gasteiger partial charge in [-0.2, -0.15) is 0 Å². The van der Waals surface area contributed by atoms with Crippen LogP contribution < -0.4 is 4.74 Å². The number of aromatic nitrogens is 3. The highest BCUT2D eigenvalue weighted by Gasteiger charge is 2.17. The van der Waals surface area contributed by atoms with Gasteiger partial charge >= 0.3 is 0 Å². The Balaban J connectivity index is 1.91. The quantitative estimate of drug-likeness (QED) is 0.398. The van der Waals surface area contributed by atoms with E-state index in [0.717, 1.165) is 43.9 Å². The van der Waals surface area contributed by atoms with Crippen molar-refractivity contribution in [2.75, 3.05) is 12.9 Å². The zero-order valence-corrected chi connectivity index (χ0v) is 16.6. The molecular weight excluding hydrogens is 378 g/mol. The van der Waals surface area contributed by atoms with Gasteiger partial charge in [0.1, 0.15) is 5.75 Å². The summed E-state index contributed by atoms with van der Waals surface area (Å²) >= 11 is 8.27. The van der Waals surface area contributed by atoms with Crippen LogP contribution in [-0.4, -0.2) is 27.2 Å². The Morgan fingerprint density at radius 1 is 1.11 bits per heavy atom. The maximum absolute atomic E-state index is 6.53. The lowest BCUT2D eigenvalue weighted by molar-refractivity contribution is 0.415. The summed E-state index contributed by atoms with van der Waals surface area (Å²) in [7, 11) is 1.66. The molecule has 2 heterocycles. The number of hydrogen-bond acceptors (Lipinski definition) is 4. The monoisotopic (exact) mass is 395 g/mol. The average Bonchev–Trinajstić information content (AvgIpc) is 3.09. The smallest absolute Gasteiger partial charge is 0.234 e. The SMILES string of the molecule is CCSc1ccc(-c2c(-c3ccc(OC)cc3)nc3ncccn23)cc1Cl. The Morgan fingerprint density at radius 2 is 1.89 bits per heavy atom. The highest BCUT2D eigenvalue weighted by atomic mass is 35.5. The van der Waals surface area contributed by atoms with Gasteiger partial charge in [0, 0.05) is 28.4 Å². The Bertz CT molecular complexity index is 1090. The highest BCUT2D eigenvalue weighted by Crippen LogP contribution is 2.36. The molecule has 0 aliphatic rings. The van der Waals surface area contributed by atoms with Crippen LogP contribution >= 0.6 is 23.4 Å². The third-order valence-corrected chi connectivity index (χ3v) is 5.65. The van der Waals surface area contributed by atoms with Crippen molar-refractivity contribution in [3.05, 3.63) is 65.9 Å². The van der Waals surface area contributed by atoms with Crippen LogP contribution in [0.4, 0.5) is 0 Å². The van der Waals surface area contributed by atoms with Crippen molar-refractivity contribution in [1.29, 1.82) is 0 Å². The van der Waals surface area contributed by atoms with E-state index >= 15 is 0 Å². The molecule has 0 saturated heterocycles. The molecule has 2 aromatic heterocycles. The molecule has 0 saturated carbocycles. The number of ether oxygens (including phenoxy) is 1. The maximum Gasteiger partial charge on any atom is 0.234 e. The van der Waals surface area contributed by atoms with Crippen LogP contribution in [0.25, 0.3) is 28.3 Å². The number of thioether (sulfide) groups is 1. The zero-order valence-electron chi connectivity index (χ0n) is 15.0. The molecule has 136 valence electrons. The Hall–Kier alpha value is -2.50. The zero-order chi connectivity index (χ0) is 18.8. The number of benzene rings is 2. The molecule has 4 aromatic rings. The Labute approximate surface area is 167 Å². The fourth-order valence-electron chi connectivity index (χ4n) is 3.03. The van der Waals surface area contributed by atoms with Crippen molar-refractivity contribution < 1.29 is 4.74 Å². The number of rotatable bonds is 5. The normalized spacial score (nSPS) is 11.1. The lowest BCUT2D eigenvalue weighted by Crippen LogP contribution is -1.91. The van der Waals surface area contributed by atoms with Gasteiger partial charge in [-0.3, -0.25) is 4.40 Å². The van der Waals surface area contributed by atoms with Gasteiger partial charge in [-0.1, -0.05) is 24.6 Å². The summed E-state index contributed by atoms with van der Waals surface area (Å²) in [6, 6.07) is 15.9. The van der Waals surface area contributed by atoms with Crippen molar-refractivity contribution in [3.8, 4) is 28.3 Å². The van der Waals surface area contributed by atoms with Gasteiger partial charge in [0.05, 0.1) is 23.5 Å². The van der Waals surface area contributed by atoms with E-state index in [1.54, 1.807) is 25.1 Å². The molecule has 0 radical (unpaired) electrons. The van der Waals surface area contributed by atoms with Crippen LogP contribution in [0.2, 0.25) is 5.02 Å². The topological polar surface area (TPSA) is 39.4 Å². The summed E-state index contributed by atoms with van der Waals surface area (Å²) in [5, 5.41) is 0.749. The highest BCUT2D eigenvalue weighted by molar-refractivity contribution is 7.99. The molecule has 0 aliphatic heterocycles. The van der Waals surface area contributed by atoms with E-state index in [-0.39, 0.29) is 0 Å². The summed E-state index contributed by atoms with van der Waals surface area (Å²) in [5.74, 6) is 2.45. The molecule has 4 nitrogen and oxygen atoms in total. The second-order valence-corrected chi connectivity index (χ2v) is 7.62. The fraction of sp³-hybridized carbons (Fsp3) is 0.143. The molecule has 0 bridgehead atoms. The molecule has 0 aliphatic carbocycles. The average molecular weight is 396 g/mol. The number of nitrogens with zero attached hydrogens (tertiary/aromatic N) is 3. The minimum atomic E-state index is 0.654. The van der Waals surface area contributed by atoms with Crippen LogP contribution in [0.1, 0.15) is 6.92 Å². The third-order valence-electron chi connectivity index (χ3n) is 4.27. The second kappa shape index (κ2) is 7.62. The molecule has 0 fully saturated rings. The summed E-state index contributed by atoms with van der Waals surface area (Å²) in [6.07, 6.45) is 3.72. The number of hydrogen-bond donors (Lipinski definition) is 0. The molecular formula is C21H18ClN3OS. The van der Waals surface area contributed by atoms with Crippen LogP contribution in [-0.2, 0) is 0 Å². The van der Waals surface area contributed by atoms with E-state index in [0.29, 0.717) is 5.78 Å². The minimum absolute atomic E-state index is 0.654. The fourth-order valence-corrected chi connectivity index (χ4v) is 4.05. The number of fused-ring (bicyclic) bond motifs is 1. The van der Waals surface area contributed by atoms with E-state index in [4.69, 9.17) is 21.3 Å². The maximum atomic E-state index is 6.53. The van der Waals surface area contributed by atoms with Crippen molar-refractivity contribution in [2.45, 2.75) is 11.8 Å².